The number of nitrogen functional groups attached to an aromatic ring is 1. The number of carbonyl (C=O) groups is 4. The summed E-state index contributed by atoms with van der Waals surface area (Å²) in [4.78, 5) is 58.7. The van der Waals surface area contributed by atoms with E-state index in [-0.39, 0.29) is 94.9 Å². The molecule has 0 amide bonds. The van der Waals surface area contributed by atoms with Crippen LogP contribution in [-0.4, -0.2) is 167 Å². The van der Waals surface area contributed by atoms with Gasteiger partial charge in [0.2, 0.25) is 0 Å². The minimum Gasteiger partial charge on any atom is -0.478 e. The normalized spacial score (nSPS) is 18.7. The molecule has 31 heteroatoms. The van der Waals surface area contributed by atoms with E-state index in [9.17, 15) is 36.7 Å². The number of nitrogens with one attached hydrogen (secondary N) is 2. The van der Waals surface area contributed by atoms with E-state index in [1.807, 2.05) is 119 Å². The van der Waals surface area contributed by atoms with Crippen molar-refractivity contribution >= 4 is 54.0 Å². The highest BCUT2D eigenvalue weighted by molar-refractivity contribution is 5.87. The maximum Gasteiger partial charge on any atom is 0.328 e. The number of H-pyrrole nitrogens is 2. The Hall–Kier alpha value is -13.9. The van der Waals surface area contributed by atoms with Crippen LogP contribution in [0.25, 0.3) is 68.8 Å². The fourth-order valence-corrected chi connectivity index (χ4v) is 18.8. The number of carboxylic acid groups (broad SMARTS) is 4. The van der Waals surface area contributed by atoms with E-state index in [1.54, 1.807) is 69.0 Å². The number of hydrogen-bond acceptors (Lipinski definition) is 13. The van der Waals surface area contributed by atoms with Crippen molar-refractivity contribution in [2.75, 3.05) is 31.9 Å². The quantitative estimate of drug-likeness (QED) is 0.0219. The molecular formula is C108H107F12N11O8. The van der Waals surface area contributed by atoms with Crippen molar-refractivity contribution in [3.8, 4) is 44.5 Å². The van der Waals surface area contributed by atoms with Gasteiger partial charge >= 0.3 is 23.9 Å². The summed E-state index contributed by atoms with van der Waals surface area (Å²) in [5, 5.41) is 48.8. The monoisotopic (exact) mass is 1910 g/mol. The van der Waals surface area contributed by atoms with Crippen molar-refractivity contribution in [1.82, 2.24) is 50.0 Å². The first-order chi connectivity index (χ1) is 65.5. The van der Waals surface area contributed by atoms with E-state index < -0.39 is 117 Å². The van der Waals surface area contributed by atoms with Gasteiger partial charge < -0.3 is 26.2 Å². The van der Waals surface area contributed by atoms with Gasteiger partial charge in [-0.15, -0.1) is 0 Å². The van der Waals surface area contributed by atoms with Crippen LogP contribution >= 0.6 is 0 Å². The van der Waals surface area contributed by atoms with Crippen LogP contribution in [0.4, 0.5) is 58.5 Å². The second-order valence-corrected chi connectivity index (χ2v) is 38.0. The van der Waals surface area contributed by atoms with Crippen LogP contribution in [-0.2, 0) is 44.9 Å². The molecule has 0 bridgehead atoms. The number of alkyl halides is 4. The lowest BCUT2D eigenvalue weighted by atomic mass is 9.82. The fourth-order valence-electron chi connectivity index (χ4n) is 18.8. The van der Waals surface area contributed by atoms with Crippen LogP contribution in [0.15, 0.2) is 213 Å². The third-order valence-corrected chi connectivity index (χ3v) is 24.6. The van der Waals surface area contributed by atoms with Crippen molar-refractivity contribution in [3.63, 3.8) is 0 Å². The van der Waals surface area contributed by atoms with E-state index in [0.29, 0.717) is 53.8 Å². The van der Waals surface area contributed by atoms with E-state index in [4.69, 9.17) is 26.2 Å². The molecule has 726 valence electrons. The highest BCUT2D eigenvalue weighted by Gasteiger charge is 2.45. The van der Waals surface area contributed by atoms with Gasteiger partial charge in [0.1, 0.15) is 75.0 Å². The summed E-state index contributed by atoms with van der Waals surface area (Å²) in [5.41, 5.74) is 12.8. The average Bonchev–Trinajstić information content (AvgIpc) is 1.73. The van der Waals surface area contributed by atoms with Crippen molar-refractivity contribution in [1.29, 1.82) is 0 Å². The first kappa shape index (κ1) is 103. The Morgan fingerprint density at radius 3 is 0.806 bits per heavy atom. The van der Waals surface area contributed by atoms with Crippen molar-refractivity contribution in [2.45, 2.75) is 180 Å². The Morgan fingerprint density at radius 2 is 0.597 bits per heavy atom. The molecule has 4 unspecified atom stereocenters. The number of aromatic nitrogens is 6. The lowest BCUT2D eigenvalue weighted by Crippen LogP contribution is -2.48. The van der Waals surface area contributed by atoms with Gasteiger partial charge in [-0.1, -0.05) is 78.9 Å². The van der Waals surface area contributed by atoms with Crippen molar-refractivity contribution in [3.05, 3.63) is 349 Å². The SMILES string of the molecule is CC1Cc2cc(-c3ccc(N)nc3)ccc2C(c2c(F)cc(/C=C/C(=O)O)cc2F)N1CC(C)(C)F.CC1Cc2cc(-c3cccnc3)ccc2C(c2c(F)cc(/C=C/C(=O)O)cc2F)N1CC(C)(C)F.C[C@@H]1Cc2cc(-c3cn[nH]c3)ccc2[C@@H](c2c(F)cc(/C=C/C(=O)O)cc2F)N1CC(C)(C)F.C[C@H]1Cc2cc(-c3cn[nH]c3)ccc2[C@H](c2c(F)cc(/C=C/C(=O)O)cc2F)N1CC(C)(C)F. The zero-order valence-electron chi connectivity index (χ0n) is 78.4. The number of rotatable bonds is 24. The largest absolute Gasteiger partial charge is 0.478 e. The smallest absolute Gasteiger partial charge is 0.328 e. The second kappa shape index (κ2) is 42.6. The molecule has 8 heterocycles. The highest BCUT2D eigenvalue weighted by atomic mass is 19.2. The van der Waals surface area contributed by atoms with Crippen molar-refractivity contribution in [2.24, 2.45) is 0 Å². The Kier molecular flexibility index (Phi) is 31.4. The second-order valence-electron chi connectivity index (χ2n) is 38.0. The first-order valence-corrected chi connectivity index (χ1v) is 45.0. The molecular weight excluding hydrogens is 1810 g/mol. The standard InChI is InChI=1S/C28H28F3N3O2.C28H27F3N2O2.2C26H26F3N3O2/c1-16-10-20-13-18(19-6-8-24(32)33-14-19)5-7-21(20)27(34(16)15-28(2,3)31)26-22(29)11-17(12-23(26)30)4-9-25(35)36;1-17-11-21-14-19(20-5-4-10-32-15-20)7-8-22(21)27(33(17)16-28(2,3)31)26-23(29)12-18(13-24(26)30)6-9-25(34)35;2*1-15-8-18-11-17(19-12-30-31-13-19)5-6-20(18)25(32(15)14-26(2,3)29)24-21(27)9-16(10-22(24)28)4-7-23(33)34/h4-9,11-14,16,27H,10,15H2,1-3H3,(H2,32,33)(H,35,36);4-10,12-15,17,27H,11,16H2,1-3H3,(H,34,35);2*4-7,9-13,15,25H,8,14H2,1-3H3,(H,30,31)(H,33,34)/b9-4+;9-6+;2*7-4+/t;;2*15-,25+/m..10/s1. The lowest BCUT2D eigenvalue weighted by Gasteiger charge is -2.44. The number of nitrogens with zero attached hydrogens (tertiary/aromatic N) is 8. The molecule has 8 aromatic carbocycles. The molecule has 8 N–H and O–H groups in total. The third kappa shape index (κ3) is 25.4. The average molecular weight is 1920 g/mol. The summed E-state index contributed by atoms with van der Waals surface area (Å²) in [6.07, 6.45) is 22.2. The van der Waals surface area contributed by atoms with Crippen LogP contribution in [0.1, 0.15) is 196 Å². The number of hydrogen-bond donors (Lipinski definition) is 7. The van der Waals surface area contributed by atoms with Crippen LogP contribution < -0.4 is 5.73 Å². The molecule has 4 aromatic heterocycles. The molecule has 139 heavy (non-hydrogen) atoms. The molecule has 4 aliphatic rings. The zero-order valence-corrected chi connectivity index (χ0v) is 78.4. The zero-order chi connectivity index (χ0) is 101. The van der Waals surface area contributed by atoms with Crippen LogP contribution in [0.2, 0.25) is 0 Å². The van der Waals surface area contributed by atoms with Gasteiger partial charge in [0.15, 0.2) is 0 Å². The highest BCUT2D eigenvalue weighted by Crippen LogP contribution is 2.49. The molecule has 0 saturated heterocycles. The summed E-state index contributed by atoms with van der Waals surface area (Å²) in [6.45, 7) is 19.2. The number of aromatic amines is 2. The van der Waals surface area contributed by atoms with Gasteiger partial charge in [-0.2, -0.15) is 10.2 Å². The Balaban J connectivity index is 0.000000156. The summed E-state index contributed by atoms with van der Waals surface area (Å²) in [6, 6.07) is 34.8. The van der Waals surface area contributed by atoms with Gasteiger partial charge in [-0.3, -0.25) is 34.8 Å². The summed E-state index contributed by atoms with van der Waals surface area (Å²) in [7, 11) is 0. The van der Waals surface area contributed by atoms with Gasteiger partial charge in [0.05, 0.1) is 36.6 Å². The minimum atomic E-state index is -1.60. The van der Waals surface area contributed by atoms with Crippen molar-refractivity contribution < 1.29 is 92.3 Å². The van der Waals surface area contributed by atoms with E-state index >= 15 is 35.1 Å². The van der Waals surface area contributed by atoms with Gasteiger partial charge in [-0.05, 0) is 294 Å². The maximum absolute atomic E-state index is 15.5. The maximum atomic E-state index is 15.5. The van der Waals surface area contributed by atoms with E-state index in [0.717, 1.165) is 164 Å². The number of aliphatic carboxylic acids is 4. The molecule has 19 nitrogen and oxygen atoms in total. The summed E-state index contributed by atoms with van der Waals surface area (Å²) < 4.78 is 183. The Bertz CT molecular complexity index is 6340. The molecule has 0 saturated carbocycles. The minimum absolute atomic E-state index is 0.0117. The predicted molar refractivity (Wildman–Crippen MR) is 512 cm³/mol. The number of nitrogens with two attached hydrogens (primary N) is 1. The molecule has 4 aliphatic heterocycles. The number of fused-ring (bicyclic) bond motifs is 4. The van der Waals surface area contributed by atoms with Crippen LogP contribution in [0.5, 0.6) is 0 Å². The van der Waals surface area contributed by atoms with E-state index in [1.165, 1.54) is 55.4 Å². The van der Waals surface area contributed by atoms with Gasteiger partial charge in [0, 0.05) is 145 Å². The molecule has 8 atom stereocenters. The molecule has 0 spiro atoms. The van der Waals surface area contributed by atoms with E-state index in [2.05, 4.69) is 30.4 Å². The molecule has 0 radical (unpaired) electrons. The topological polar surface area (TPSA) is 271 Å². The number of carboxylic acids is 4. The fraction of sp³-hybridized carbons (Fsp3) is 0.296. The van der Waals surface area contributed by atoms with Crippen LogP contribution in [0, 0.1) is 46.5 Å². The Labute approximate surface area is 797 Å². The predicted octanol–water partition coefficient (Wildman–Crippen LogP) is 23.1. The number of benzene rings is 8. The summed E-state index contributed by atoms with van der Waals surface area (Å²) >= 11 is 0. The Morgan fingerprint density at radius 1 is 0.353 bits per heavy atom. The van der Waals surface area contributed by atoms with Gasteiger partial charge in [-0.25, -0.2) is 76.8 Å². The molecule has 0 fully saturated rings. The first-order valence-electron chi connectivity index (χ1n) is 45.0. The molecule has 16 rings (SSSR count). The third-order valence-electron chi connectivity index (χ3n) is 24.6. The number of halogens is 12. The summed E-state index contributed by atoms with van der Waals surface area (Å²) in [5.74, 6) is -11.0. The molecule has 0 aliphatic carbocycles. The number of anilines is 1. The number of pyridine rings is 2. The lowest BCUT2D eigenvalue weighted by molar-refractivity contribution is -0.132. The van der Waals surface area contributed by atoms with Crippen LogP contribution in [0.3, 0.4) is 0 Å². The molecule has 12 aromatic rings. The van der Waals surface area contributed by atoms with Gasteiger partial charge in [0.25, 0.3) is 0 Å².